The van der Waals surface area contributed by atoms with Crippen molar-refractivity contribution in [2.45, 2.75) is 25.7 Å². The largest absolute Gasteiger partial charge is 0.508 e. The molecule has 1 saturated heterocycles. The Labute approximate surface area is 81.4 Å². The average molecular weight is 206 g/mol. The zero-order valence-corrected chi connectivity index (χ0v) is 7.77. The number of ether oxygens (including phenoxy) is 2. The van der Waals surface area contributed by atoms with Crippen molar-refractivity contribution in [3.8, 4) is 0 Å². The predicted molar refractivity (Wildman–Crippen MR) is 46.4 cm³/mol. The van der Waals surface area contributed by atoms with Crippen molar-refractivity contribution in [3.05, 3.63) is 0 Å². The van der Waals surface area contributed by atoms with Crippen molar-refractivity contribution in [1.82, 2.24) is 0 Å². The van der Waals surface area contributed by atoms with Crippen LogP contribution in [0.25, 0.3) is 0 Å². The van der Waals surface area contributed by atoms with Crippen LogP contribution in [0.4, 0.5) is 9.59 Å². The van der Waals surface area contributed by atoms with Crippen LogP contribution in [0.2, 0.25) is 0 Å². The maximum absolute atomic E-state index is 10.5. The highest BCUT2D eigenvalue weighted by Gasteiger charge is 2.04. The number of hydrogen-bond acceptors (Lipinski definition) is 4. The van der Waals surface area contributed by atoms with E-state index in [4.69, 9.17) is 24.5 Å². The third-order valence-electron chi connectivity index (χ3n) is 1.48. The molecule has 0 aromatic rings. The summed E-state index contributed by atoms with van der Waals surface area (Å²) in [7, 11) is 0. The maximum Gasteiger partial charge on any atom is 0.508 e. The Morgan fingerprint density at radius 3 is 1.71 bits per heavy atom. The minimum absolute atomic E-state index is 0.512. The predicted octanol–water partition coefficient (Wildman–Crippen LogP) is 1.94. The first-order valence-corrected chi connectivity index (χ1v) is 4.34. The van der Waals surface area contributed by atoms with Crippen LogP contribution >= 0.6 is 0 Å². The van der Waals surface area contributed by atoms with Crippen molar-refractivity contribution >= 4 is 12.3 Å². The number of carboxylic acid groups (broad SMARTS) is 2. The zero-order valence-electron chi connectivity index (χ0n) is 7.77. The molecule has 0 unspecified atom stereocenters. The first-order chi connectivity index (χ1) is 6.63. The van der Waals surface area contributed by atoms with Crippen molar-refractivity contribution in [2.75, 3.05) is 13.2 Å². The molecule has 6 nitrogen and oxygen atoms in total. The third kappa shape index (κ3) is 10.5. The number of carbonyl (C=O) groups is 2. The second-order valence-electron chi connectivity index (χ2n) is 2.64. The number of carbonyl (C=O) groups excluding carboxylic acids is 1. The molecule has 2 N–H and O–H groups in total. The molecule has 6 heteroatoms. The van der Waals surface area contributed by atoms with Crippen molar-refractivity contribution in [1.29, 1.82) is 0 Å². The van der Waals surface area contributed by atoms with Crippen LogP contribution in [0.15, 0.2) is 0 Å². The first kappa shape index (κ1) is 12.5. The topological polar surface area (TPSA) is 93.1 Å². The SMILES string of the molecule is O=C(O)O.O=C1OCCCCCCO1. The Morgan fingerprint density at radius 2 is 1.36 bits per heavy atom. The van der Waals surface area contributed by atoms with Gasteiger partial charge >= 0.3 is 12.3 Å². The zero-order chi connectivity index (χ0) is 10.8. The molecule has 0 bridgehead atoms. The van der Waals surface area contributed by atoms with Crippen LogP contribution in [0.3, 0.4) is 0 Å². The molecule has 0 aromatic carbocycles. The van der Waals surface area contributed by atoms with Crippen LogP contribution in [0.5, 0.6) is 0 Å². The molecule has 0 spiro atoms. The van der Waals surface area contributed by atoms with E-state index in [-0.39, 0.29) is 0 Å². The molecular formula is C8H14O6. The normalized spacial score (nSPS) is 17.0. The van der Waals surface area contributed by atoms with E-state index in [0.29, 0.717) is 13.2 Å². The summed E-state index contributed by atoms with van der Waals surface area (Å²) < 4.78 is 9.40. The van der Waals surface area contributed by atoms with E-state index < -0.39 is 12.3 Å². The summed E-state index contributed by atoms with van der Waals surface area (Å²) in [6.07, 6.45) is 1.86. The summed E-state index contributed by atoms with van der Waals surface area (Å²) in [4.78, 5) is 19.1. The lowest BCUT2D eigenvalue weighted by Gasteiger charge is -2.00. The van der Waals surface area contributed by atoms with E-state index in [2.05, 4.69) is 0 Å². The molecule has 1 aliphatic heterocycles. The summed E-state index contributed by atoms with van der Waals surface area (Å²) in [5.74, 6) is 0. The van der Waals surface area contributed by atoms with Gasteiger partial charge in [-0.3, -0.25) is 0 Å². The lowest BCUT2D eigenvalue weighted by atomic mass is 10.2. The van der Waals surface area contributed by atoms with Gasteiger partial charge in [0.15, 0.2) is 0 Å². The van der Waals surface area contributed by atoms with Gasteiger partial charge in [-0.25, -0.2) is 9.59 Å². The molecule has 1 aliphatic rings. The molecule has 0 saturated carbocycles. The van der Waals surface area contributed by atoms with Gasteiger partial charge in [0.25, 0.3) is 0 Å². The minimum Gasteiger partial charge on any atom is -0.450 e. The van der Waals surface area contributed by atoms with Gasteiger partial charge in [-0.2, -0.15) is 0 Å². The Morgan fingerprint density at radius 1 is 1.00 bits per heavy atom. The minimum atomic E-state index is -1.83. The summed E-state index contributed by atoms with van der Waals surface area (Å²) in [5.41, 5.74) is 0. The second-order valence-corrected chi connectivity index (χ2v) is 2.64. The molecule has 1 rings (SSSR count). The van der Waals surface area contributed by atoms with Gasteiger partial charge in [0.1, 0.15) is 0 Å². The number of hydrogen-bond donors (Lipinski definition) is 2. The summed E-state index contributed by atoms with van der Waals surface area (Å²) in [5, 5.41) is 13.9. The Hall–Kier alpha value is -1.46. The summed E-state index contributed by atoms with van der Waals surface area (Å²) >= 11 is 0. The van der Waals surface area contributed by atoms with E-state index in [9.17, 15) is 4.79 Å². The molecule has 1 fully saturated rings. The van der Waals surface area contributed by atoms with Crippen LogP contribution < -0.4 is 0 Å². The van der Waals surface area contributed by atoms with Crippen molar-refractivity contribution < 1.29 is 29.3 Å². The highest BCUT2D eigenvalue weighted by molar-refractivity contribution is 5.59. The molecule has 14 heavy (non-hydrogen) atoms. The second kappa shape index (κ2) is 8.15. The molecule has 0 radical (unpaired) electrons. The Balaban J connectivity index is 0.000000364. The van der Waals surface area contributed by atoms with Gasteiger partial charge in [0.2, 0.25) is 0 Å². The van der Waals surface area contributed by atoms with Crippen LogP contribution in [0, 0.1) is 0 Å². The van der Waals surface area contributed by atoms with E-state index >= 15 is 0 Å². The molecule has 0 amide bonds. The molecule has 0 aromatic heterocycles. The standard InChI is InChI=1S/C7H12O3.CH2O3/c8-7-9-5-3-1-2-4-6-10-7;2-1(3)4/h1-6H2;(H2,2,3,4). The fourth-order valence-corrected chi connectivity index (χ4v) is 0.910. The van der Waals surface area contributed by atoms with Gasteiger partial charge < -0.3 is 19.7 Å². The van der Waals surface area contributed by atoms with Crippen molar-refractivity contribution in [2.24, 2.45) is 0 Å². The van der Waals surface area contributed by atoms with Crippen LogP contribution in [0.1, 0.15) is 25.7 Å². The van der Waals surface area contributed by atoms with Crippen molar-refractivity contribution in [3.63, 3.8) is 0 Å². The van der Waals surface area contributed by atoms with Gasteiger partial charge in [-0.05, 0) is 25.7 Å². The first-order valence-electron chi connectivity index (χ1n) is 4.34. The average Bonchev–Trinajstić information content (AvgIpc) is 2.17. The lowest BCUT2D eigenvalue weighted by molar-refractivity contribution is 0.0580. The lowest BCUT2D eigenvalue weighted by Crippen LogP contribution is -2.07. The van der Waals surface area contributed by atoms with Crippen LogP contribution in [-0.2, 0) is 9.47 Å². The molecule has 82 valence electrons. The highest BCUT2D eigenvalue weighted by Crippen LogP contribution is 2.04. The fourth-order valence-electron chi connectivity index (χ4n) is 0.910. The van der Waals surface area contributed by atoms with Crippen LogP contribution in [-0.4, -0.2) is 35.7 Å². The van der Waals surface area contributed by atoms with Gasteiger partial charge in [-0.1, -0.05) is 0 Å². The molecular weight excluding hydrogens is 192 g/mol. The molecule has 0 aliphatic carbocycles. The monoisotopic (exact) mass is 206 g/mol. The quantitative estimate of drug-likeness (QED) is 0.588. The van der Waals surface area contributed by atoms with E-state index in [1.165, 1.54) is 0 Å². The van der Waals surface area contributed by atoms with E-state index in [1.807, 2.05) is 0 Å². The maximum atomic E-state index is 10.5. The molecule has 1 heterocycles. The van der Waals surface area contributed by atoms with Gasteiger partial charge in [0, 0.05) is 0 Å². The third-order valence-corrected chi connectivity index (χ3v) is 1.48. The Kier molecular flexibility index (Phi) is 7.30. The summed E-state index contributed by atoms with van der Waals surface area (Å²) in [6.45, 7) is 1.03. The fraction of sp³-hybridized carbons (Fsp3) is 0.750. The van der Waals surface area contributed by atoms with Gasteiger partial charge in [-0.15, -0.1) is 0 Å². The highest BCUT2D eigenvalue weighted by atomic mass is 16.7. The van der Waals surface area contributed by atoms with E-state index in [1.54, 1.807) is 0 Å². The smallest absolute Gasteiger partial charge is 0.450 e. The number of rotatable bonds is 0. The van der Waals surface area contributed by atoms with E-state index in [0.717, 1.165) is 25.7 Å². The summed E-state index contributed by atoms with van der Waals surface area (Å²) in [6, 6.07) is 0. The van der Waals surface area contributed by atoms with Gasteiger partial charge in [0.05, 0.1) is 13.2 Å². The Bertz CT molecular complexity index is 163. The molecule has 0 atom stereocenters. The number of cyclic esters (lactones) is 2.